The quantitative estimate of drug-likeness (QED) is 0.509. The lowest BCUT2D eigenvalue weighted by Gasteiger charge is -2.25. The number of rotatable bonds is 9. The molecule has 1 N–H and O–H groups in total. The Kier molecular flexibility index (Phi) is 9.54. The Bertz CT molecular complexity index is 187. The predicted octanol–water partition coefficient (Wildman–Crippen LogP) is 2.99. The molecule has 0 amide bonds. The molecule has 18 heavy (non-hydrogen) atoms. The van der Waals surface area contributed by atoms with Gasteiger partial charge in [-0.25, -0.2) is 0 Å². The zero-order valence-corrected chi connectivity index (χ0v) is 12.2. The van der Waals surface area contributed by atoms with Crippen molar-refractivity contribution in [2.24, 2.45) is 5.92 Å². The average Bonchev–Trinajstić information content (AvgIpc) is 2.60. The standard InChI is InChI=1S/C15H31NO2/c1-3-16-15-10-6-4-5-8-14(15)9-7-11-18-13-12-17-2/h14-16H,3-13H2,1-2H3. The minimum Gasteiger partial charge on any atom is -0.382 e. The van der Waals surface area contributed by atoms with Gasteiger partial charge in [-0.2, -0.15) is 0 Å². The molecule has 1 fully saturated rings. The fourth-order valence-electron chi connectivity index (χ4n) is 2.95. The Balaban J connectivity index is 2.15. The average molecular weight is 257 g/mol. The first kappa shape index (κ1) is 15.9. The summed E-state index contributed by atoms with van der Waals surface area (Å²) in [6.45, 7) is 5.65. The van der Waals surface area contributed by atoms with Crippen molar-refractivity contribution >= 4 is 0 Å². The van der Waals surface area contributed by atoms with E-state index in [4.69, 9.17) is 9.47 Å². The van der Waals surface area contributed by atoms with Crippen LogP contribution in [0.3, 0.4) is 0 Å². The molecule has 1 aliphatic carbocycles. The molecule has 0 spiro atoms. The van der Waals surface area contributed by atoms with Crippen LogP contribution in [0.5, 0.6) is 0 Å². The summed E-state index contributed by atoms with van der Waals surface area (Å²) in [5.41, 5.74) is 0. The van der Waals surface area contributed by atoms with Crippen molar-refractivity contribution in [2.75, 3.05) is 33.5 Å². The summed E-state index contributed by atoms with van der Waals surface area (Å²) < 4.78 is 10.5. The first-order chi connectivity index (χ1) is 8.88. The minimum absolute atomic E-state index is 0.712. The second kappa shape index (κ2) is 10.8. The number of hydrogen-bond donors (Lipinski definition) is 1. The van der Waals surface area contributed by atoms with Gasteiger partial charge >= 0.3 is 0 Å². The molecule has 0 aromatic heterocycles. The molecule has 3 nitrogen and oxygen atoms in total. The van der Waals surface area contributed by atoms with Gasteiger partial charge in [-0.15, -0.1) is 0 Å². The highest BCUT2D eigenvalue weighted by atomic mass is 16.5. The summed E-state index contributed by atoms with van der Waals surface area (Å²) in [4.78, 5) is 0. The Hall–Kier alpha value is -0.120. The highest BCUT2D eigenvalue weighted by molar-refractivity contribution is 4.79. The lowest BCUT2D eigenvalue weighted by atomic mass is 9.90. The van der Waals surface area contributed by atoms with E-state index >= 15 is 0 Å². The summed E-state index contributed by atoms with van der Waals surface area (Å²) in [6, 6.07) is 0.747. The molecule has 0 bridgehead atoms. The van der Waals surface area contributed by atoms with E-state index < -0.39 is 0 Å². The molecule has 2 unspecified atom stereocenters. The SMILES string of the molecule is CCNC1CCCCCC1CCCOCCOC. The number of nitrogens with one attached hydrogen (secondary N) is 1. The van der Waals surface area contributed by atoms with Crippen LogP contribution in [0, 0.1) is 5.92 Å². The fourth-order valence-corrected chi connectivity index (χ4v) is 2.95. The van der Waals surface area contributed by atoms with Crippen LogP contribution in [0.4, 0.5) is 0 Å². The van der Waals surface area contributed by atoms with E-state index in [9.17, 15) is 0 Å². The molecule has 0 radical (unpaired) electrons. The highest BCUT2D eigenvalue weighted by Crippen LogP contribution is 2.27. The van der Waals surface area contributed by atoms with Gasteiger partial charge in [0.1, 0.15) is 0 Å². The molecule has 0 aliphatic heterocycles. The number of ether oxygens (including phenoxy) is 2. The van der Waals surface area contributed by atoms with Crippen molar-refractivity contribution in [1.29, 1.82) is 0 Å². The second-order valence-electron chi connectivity index (χ2n) is 5.31. The van der Waals surface area contributed by atoms with Gasteiger partial charge in [-0.05, 0) is 38.1 Å². The van der Waals surface area contributed by atoms with Gasteiger partial charge in [0.05, 0.1) is 13.2 Å². The molecule has 1 rings (SSSR count). The predicted molar refractivity (Wildman–Crippen MR) is 76.0 cm³/mol. The normalized spacial score (nSPS) is 25.0. The van der Waals surface area contributed by atoms with Gasteiger partial charge in [0.2, 0.25) is 0 Å². The summed E-state index contributed by atoms with van der Waals surface area (Å²) in [7, 11) is 1.72. The van der Waals surface area contributed by atoms with Crippen LogP contribution in [0.1, 0.15) is 51.9 Å². The lowest BCUT2D eigenvalue weighted by molar-refractivity contribution is 0.0663. The minimum atomic E-state index is 0.712. The van der Waals surface area contributed by atoms with E-state index in [-0.39, 0.29) is 0 Å². The van der Waals surface area contributed by atoms with Gasteiger partial charge < -0.3 is 14.8 Å². The maximum Gasteiger partial charge on any atom is 0.0700 e. The maximum atomic E-state index is 5.55. The molecule has 0 aromatic rings. The largest absolute Gasteiger partial charge is 0.382 e. The van der Waals surface area contributed by atoms with E-state index in [2.05, 4.69) is 12.2 Å². The van der Waals surface area contributed by atoms with Crippen LogP contribution in [0.15, 0.2) is 0 Å². The fraction of sp³-hybridized carbons (Fsp3) is 1.00. The van der Waals surface area contributed by atoms with Gasteiger partial charge in [0.15, 0.2) is 0 Å². The van der Waals surface area contributed by atoms with Gasteiger partial charge in [-0.1, -0.05) is 26.2 Å². The molecule has 0 heterocycles. The summed E-state index contributed by atoms with van der Waals surface area (Å²) >= 11 is 0. The van der Waals surface area contributed by atoms with E-state index in [1.165, 1.54) is 44.9 Å². The summed E-state index contributed by atoms with van der Waals surface area (Å²) in [5, 5.41) is 3.67. The maximum absolute atomic E-state index is 5.55. The second-order valence-corrected chi connectivity index (χ2v) is 5.31. The first-order valence-corrected chi connectivity index (χ1v) is 7.68. The topological polar surface area (TPSA) is 30.5 Å². The van der Waals surface area contributed by atoms with Crippen molar-refractivity contribution < 1.29 is 9.47 Å². The molecular weight excluding hydrogens is 226 g/mol. The zero-order valence-electron chi connectivity index (χ0n) is 12.2. The van der Waals surface area contributed by atoms with E-state index in [1.807, 2.05) is 0 Å². The molecule has 0 aromatic carbocycles. The van der Waals surface area contributed by atoms with Gasteiger partial charge in [0, 0.05) is 19.8 Å². The third-order valence-electron chi connectivity index (χ3n) is 3.92. The lowest BCUT2D eigenvalue weighted by Crippen LogP contribution is -2.35. The molecular formula is C15H31NO2. The van der Waals surface area contributed by atoms with Crippen molar-refractivity contribution in [3.8, 4) is 0 Å². The van der Waals surface area contributed by atoms with Crippen LogP contribution in [0.2, 0.25) is 0 Å². The van der Waals surface area contributed by atoms with Crippen molar-refractivity contribution in [2.45, 2.75) is 57.9 Å². The third kappa shape index (κ3) is 6.72. The van der Waals surface area contributed by atoms with E-state index in [1.54, 1.807) is 7.11 Å². The summed E-state index contributed by atoms with van der Waals surface area (Å²) in [6.07, 6.45) is 9.50. The monoisotopic (exact) mass is 257 g/mol. The zero-order chi connectivity index (χ0) is 13.1. The molecule has 0 saturated heterocycles. The van der Waals surface area contributed by atoms with Gasteiger partial charge in [0.25, 0.3) is 0 Å². The van der Waals surface area contributed by atoms with Crippen molar-refractivity contribution in [3.63, 3.8) is 0 Å². The Morgan fingerprint density at radius 1 is 1.06 bits per heavy atom. The Labute approximate surface area is 113 Å². The molecule has 2 atom stereocenters. The van der Waals surface area contributed by atoms with E-state index in [0.717, 1.165) is 31.7 Å². The third-order valence-corrected chi connectivity index (χ3v) is 3.92. The Morgan fingerprint density at radius 3 is 2.67 bits per heavy atom. The summed E-state index contributed by atoms with van der Waals surface area (Å²) in [5.74, 6) is 0.860. The number of methoxy groups -OCH3 is 1. The van der Waals surface area contributed by atoms with Crippen LogP contribution in [0.25, 0.3) is 0 Å². The molecule has 1 aliphatic rings. The van der Waals surface area contributed by atoms with Crippen LogP contribution in [-0.2, 0) is 9.47 Å². The van der Waals surface area contributed by atoms with E-state index in [0.29, 0.717) is 6.61 Å². The van der Waals surface area contributed by atoms with Crippen LogP contribution in [-0.4, -0.2) is 39.5 Å². The van der Waals surface area contributed by atoms with Crippen molar-refractivity contribution in [3.05, 3.63) is 0 Å². The highest BCUT2D eigenvalue weighted by Gasteiger charge is 2.22. The molecule has 1 saturated carbocycles. The van der Waals surface area contributed by atoms with Gasteiger partial charge in [-0.3, -0.25) is 0 Å². The van der Waals surface area contributed by atoms with Crippen LogP contribution < -0.4 is 5.32 Å². The Morgan fingerprint density at radius 2 is 1.89 bits per heavy atom. The smallest absolute Gasteiger partial charge is 0.0700 e. The van der Waals surface area contributed by atoms with Crippen LogP contribution >= 0.6 is 0 Å². The first-order valence-electron chi connectivity index (χ1n) is 7.68. The number of hydrogen-bond acceptors (Lipinski definition) is 3. The van der Waals surface area contributed by atoms with Crippen molar-refractivity contribution in [1.82, 2.24) is 5.32 Å². The molecule has 108 valence electrons. The molecule has 3 heteroatoms.